The smallest absolute Gasteiger partial charge is 0.321 e. The highest BCUT2D eigenvalue weighted by Gasteiger charge is 2.30. The van der Waals surface area contributed by atoms with Crippen molar-refractivity contribution in [1.82, 2.24) is 19.9 Å². The van der Waals surface area contributed by atoms with Crippen LogP contribution in [0.5, 0.6) is 0 Å². The average molecular weight is 622 g/mol. The third-order valence-electron chi connectivity index (χ3n) is 7.81. The molecule has 230 valence electrons. The molecule has 1 fully saturated rings. The minimum absolute atomic E-state index is 0.00759. The van der Waals surface area contributed by atoms with Crippen LogP contribution in [-0.2, 0) is 13.0 Å². The minimum Gasteiger partial charge on any atom is -0.360 e. The zero-order chi connectivity index (χ0) is 31.2. The molecule has 8 nitrogen and oxygen atoms in total. The van der Waals surface area contributed by atoms with Gasteiger partial charge in [-0.15, -0.1) is 0 Å². The van der Waals surface area contributed by atoms with Crippen LogP contribution in [0.2, 0.25) is 5.02 Å². The van der Waals surface area contributed by atoms with Crippen LogP contribution in [0.15, 0.2) is 71.3 Å². The average Bonchev–Trinajstić information content (AvgIpc) is 3.40. The molecular weight excluding hydrogens is 588 g/mol. The summed E-state index contributed by atoms with van der Waals surface area (Å²) in [4.78, 5) is 32.5. The quantitative estimate of drug-likeness (QED) is 0.227. The first kappa shape index (κ1) is 31.2. The van der Waals surface area contributed by atoms with Crippen molar-refractivity contribution in [3.63, 3.8) is 0 Å². The van der Waals surface area contributed by atoms with Crippen molar-refractivity contribution in [2.75, 3.05) is 44.6 Å². The van der Waals surface area contributed by atoms with Gasteiger partial charge >= 0.3 is 6.03 Å². The molecule has 11 heteroatoms. The van der Waals surface area contributed by atoms with Crippen molar-refractivity contribution >= 4 is 29.2 Å². The lowest BCUT2D eigenvalue weighted by molar-refractivity contribution is 0.0703. The number of halogens is 3. The zero-order valence-electron chi connectivity index (χ0n) is 24.7. The van der Waals surface area contributed by atoms with Gasteiger partial charge in [0.05, 0.1) is 10.6 Å². The van der Waals surface area contributed by atoms with Gasteiger partial charge in [0, 0.05) is 51.5 Å². The molecule has 0 unspecified atom stereocenters. The van der Waals surface area contributed by atoms with Crippen molar-refractivity contribution in [3.05, 3.63) is 106 Å². The molecule has 0 spiro atoms. The molecule has 0 bridgehead atoms. The number of anilines is 1. The Hall–Kier alpha value is -4.28. The summed E-state index contributed by atoms with van der Waals surface area (Å²) in [6.45, 7) is 7.04. The third kappa shape index (κ3) is 7.26. The Bertz CT molecular complexity index is 1580. The number of nitrogens with one attached hydrogen (secondary N) is 1. The van der Waals surface area contributed by atoms with Crippen molar-refractivity contribution in [1.29, 1.82) is 0 Å². The number of nitrogens with zero attached hydrogens (tertiary/aromatic N) is 4. The molecule has 3 amide bonds. The van der Waals surface area contributed by atoms with Gasteiger partial charge in [0.1, 0.15) is 28.7 Å². The Labute approximate surface area is 260 Å². The lowest BCUT2D eigenvalue weighted by atomic mass is 10.0. The van der Waals surface area contributed by atoms with E-state index in [2.05, 4.69) is 22.3 Å². The second-order valence-corrected chi connectivity index (χ2v) is 11.1. The van der Waals surface area contributed by atoms with Gasteiger partial charge in [0.25, 0.3) is 5.91 Å². The molecule has 0 atom stereocenters. The summed E-state index contributed by atoms with van der Waals surface area (Å²) in [5.74, 6) is -1.17. The standard InChI is InChI=1S/C33H34ClF2N5O3/c1-3-23-9-13-26(14-10-23)37-33(43)40-18-15-39(16-19-40)17-20-41(21-24-7-11-25(35)12-8-24)32(42)29-22(2)44-38-31(29)30-27(34)5-4-6-28(30)36/h4-14H,3,15-21H2,1-2H3,(H,37,43). The summed E-state index contributed by atoms with van der Waals surface area (Å²) in [5, 5.41) is 7.06. The minimum atomic E-state index is -0.621. The number of rotatable bonds is 9. The fraction of sp³-hybridized carbons (Fsp3) is 0.303. The first-order valence-corrected chi connectivity index (χ1v) is 14.9. The van der Waals surface area contributed by atoms with Crippen LogP contribution < -0.4 is 5.32 Å². The first-order chi connectivity index (χ1) is 21.2. The van der Waals surface area contributed by atoms with Gasteiger partial charge in [-0.3, -0.25) is 9.69 Å². The monoisotopic (exact) mass is 621 g/mol. The summed E-state index contributed by atoms with van der Waals surface area (Å²) >= 11 is 6.31. The van der Waals surface area contributed by atoms with Crippen molar-refractivity contribution in [2.45, 2.75) is 26.8 Å². The van der Waals surface area contributed by atoms with Crippen LogP contribution in [0.25, 0.3) is 11.3 Å². The summed E-state index contributed by atoms with van der Waals surface area (Å²) in [7, 11) is 0. The van der Waals surface area contributed by atoms with E-state index in [4.69, 9.17) is 16.1 Å². The summed E-state index contributed by atoms with van der Waals surface area (Å²) in [5.41, 5.74) is 2.83. The number of hydrogen-bond donors (Lipinski definition) is 1. The SMILES string of the molecule is CCc1ccc(NC(=O)N2CCN(CCN(Cc3ccc(F)cc3)C(=O)c3c(-c4c(F)cccc4Cl)noc3C)CC2)cc1. The largest absolute Gasteiger partial charge is 0.360 e. The number of urea groups is 1. The number of piperazine rings is 1. The Morgan fingerprint density at radius 3 is 2.32 bits per heavy atom. The fourth-order valence-corrected chi connectivity index (χ4v) is 5.45. The van der Waals surface area contributed by atoms with E-state index in [-0.39, 0.29) is 46.0 Å². The Balaban J connectivity index is 1.27. The van der Waals surface area contributed by atoms with E-state index in [9.17, 15) is 18.4 Å². The number of aromatic nitrogens is 1. The summed E-state index contributed by atoms with van der Waals surface area (Å²) in [6.07, 6.45) is 0.933. The molecule has 0 radical (unpaired) electrons. The van der Waals surface area contributed by atoms with Crippen molar-refractivity contribution in [2.24, 2.45) is 0 Å². The van der Waals surface area contributed by atoms with Gasteiger partial charge in [0.2, 0.25) is 0 Å². The third-order valence-corrected chi connectivity index (χ3v) is 8.12. The summed E-state index contributed by atoms with van der Waals surface area (Å²) < 4.78 is 33.8. The topological polar surface area (TPSA) is 81.9 Å². The fourth-order valence-electron chi connectivity index (χ4n) is 5.20. The molecule has 1 saturated heterocycles. The number of hydrogen-bond acceptors (Lipinski definition) is 5. The van der Waals surface area contributed by atoms with Crippen LogP contribution >= 0.6 is 11.6 Å². The van der Waals surface area contributed by atoms with Crippen LogP contribution in [0.1, 0.15) is 34.2 Å². The van der Waals surface area contributed by atoms with E-state index in [0.29, 0.717) is 39.3 Å². The van der Waals surface area contributed by atoms with E-state index < -0.39 is 11.7 Å². The Morgan fingerprint density at radius 1 is 0.977 bits per heavy atom. The normalized spacial score (nSPS) is 13.6. The molecule has 3 aromatic carbocycles. The van der Waals surface area contributed by atoms with E-state index in [1.54, 1.807) is 28.9 Å². The van der Waals surface area contributed by atoms with Crippen LogP contribution in [0.3, 0.4) is 0 Å². The molecule has 5 rings (SSSR count). The number of aryl methyl sites for hydroxylation is 2. The maximum absolute atomic E-state index is 14.8. The van der Waals surface area contributed by atoms with Gasteiger partial charge in [-0.05, 0) is 60.9 Å². The van der Waals surface area contributed by atoms with Gasteiger partial charge in [-0.25, -0.2) is 13.6 Å². The number of amides is 3. The van der Waals surface area contributed by atoms with E-state index >= 15 is 0 Å². The predicted molar refractivity (Wildman–Crippen MR) is 166 cm³/mol. The number of carbonyl (C=O) groups is 2. The molecule has 1 aromatic heterocycles. The molecule has 0 aliphatic carbocycles. The molecule has 4 aromatic rings. The van der Waals surface area contributed by atoms with E-state index in [1.807, 2.05) is 24.3 Å². The maximum Gasteiger partial charge on any atom is 0.321 e. The predicted octanol–water partition coefficient (Wildman–Crippen LogP) is 6.64. The maximum atomic E-state index is 14.8. The molecule has 1 aliphatic heterocycles. The highest BCUT2D eigenvalue weighted by Crippen LogP contribution is 2.34. The van der Waals surface area contributed by atoms with Crippen LogP contribution in [0.4, 0.5) is 19.3 Å². The highest BCUT2D eigenvalue weighted by atomic mass is 35.5. The second kappa shape index (κ2) is 14.0. The van der Waals surface area contributed by atoms with Gasteiger partial charge in [-0.1, -0.05) is 54.0 Å². The molecule has 1 aliphatic rings. The molecule has 2 heterocycles. The van der Waals surface area contributed by atoms with Crippen LogP contribution in [0, 0.1) is 18.6 Å². The highest BCUT2D eigenvalue weighted by molar-refractivity contribution is 6.33. The zero-order valence-corrected chi connectivity index (χ0v) is 25.4. The Kier molecular flexibility index (Phi) is 9.92. The lowest BCUT2D eigenvalue weighted by Crippen LogP contribution is -2.51. The molecular formula is C33H34ClF2N5O3. The van der Waals surface area contributed by atoms with E-state index in [0.717, 1.165) is 17.7 Å². The van der Waals surface area contributed by atoms with Crippen LogP contribution in [-0.4, -0.2) is 71.1 Å². The van der Waals surface area contributed by atoms with Crippen molar-refractivity contribution < 1.29 is 22.9 Å². The van der Waals surface area contributed by atoms with Gasteiger partial charge in [-0.2, -0.15) is 0 Å². The van der Waals surface area contributed by atoms with Gasteiger partial charge in [0.15, 0.2) is 0 Å². The first-order valence-electron chi connectivity index (χ1n) is 14.5. The number of benzene rings is 3. The van der Waals surface area contributed by atoms with E-state index in [1.165, 1.54) is 35.9 Å². The molecule has 1 N–H and O–H groups in total. The summed E-state index contributed by atoms with van der Waals surface area (Å²) in [6, 6.07) is 17.8. The Morgan fingerprint density at radius 2 is 1.66 bits per heavy atom. The van der Waals surface area contributed by atoms with Gasteiger partial charge < -0.3 is 19.6 Å². The molecule has 44 heavy (non-hydrogen) atoms. The lowest BCUT2D eigenvalue weighted by Gasteiger charge is -2.36. The number of carbonyl (C=O) groups excluding carboxylic acids is 2. The molecule has 0 saturated carbocycles. The van der Waals surface area contributed by atoms with Crippen molar-refractivity contribution in [3.8, 4) is 11.3 Å². The second-order valence-electron chi connectivity index (χ2n) is 10.7.